The molecule has 0 spiro atoms. The van der Waals surface area contributed by atoms with E-state index in [2.05, 4.69) is 38.9 Å². The number of anilines is 1. The number of carboxylic acid groups (broad SMARTS) is 1. The number of carboxylic acids is 1. The van der Waals surface area contributed by atoms with Crippen molar-refractivity contribution in [1.29, 1.82) is 0 Å². The number of carbonyl (C=O) groups is 2. The van der Waals surface area contributed by atoms with Crippen molar-refractivity contribution in [3.05, 3.63) is 22.9 Å². The van der Waals surface area contributed by atoms with E-state index in [4.69, 9.17) is 0 Å². The number of aromatic nitrogens is 2. The molecule has 0 aromatic carbocycles. The number of amides is 1. The first-order valence-corrected chi connectivity index (χ1v) is 12.3. The summed E-state index contributed by atoms with van der Waals surface area (Å²) in [6, 6.07) is 2.27. The summed E-state index contributed by atoms with van der Waals surface area (Å²) in [5.41, 5.74) is 0.124. The predicted octanol–water partition coefficient (Wildman–Crippen LogP) is 0.140. The van der Waals surface area contributed by atoms with Gasteiger partial charge in [-0.25, -0.2) is 4.79 Å². The topological polar surface area (TPSA) is 102 Å². The van der Waals surface area contributed by atoms with E-state index in [1.54, 1.807) is 18.7 Å². The van der Waals surface area contributed by atoms with Crippen LogP contribution in [-0.2, 0) is 23.2 Å². The molecular weight excluding hydrogens is 430 g/mol. The molecule has 0 saturated carbocycles. The van der Waals surface area contributed by atoms with Crippen molar-refractivity contribution in [2.75, 3.05) is 24.5 Å². The van der Waals surface area contributed by atoms with Gasteiger partial charge in [0.15, 0.2) is 19.1 Å². The molecule has 1 aromatic rings. The van der Waals surface area contributed by atoms with E-state index < -0.39 is 18.0 Å². The molecule has 174 valence electrons. The van der Waals surface area contributed by atoms with E-state index in [1.807, 2.05) is 6.92 Å². The normalized spacial score (nSPS) is 32.8. The van der Waals surface area contributed by atoms with Crippen LogP contribution < -0.4 is 14.9 Å². The highest BCUT2D eigenvalue weighted by Crippen LogP contribution is 2.51. The van der Waals surface area contributed by atoms with Gasteiger partial charge >= 0.3 is 5.97 Å². The second kappa shape index (κ2) is 8.07. The maximum absolute atomic E-state index is 12.5. The minimum absolute atomic E-state index is 0.0761. The number of carbonyl (C=O) groups excluding carboxylic acids is 1. The standard InChI is InChI=1S/C22H31N5O4S/c1-12-18-17(13(2)28)21(29)27(18)19(22(30)31)20(12)32-15-9-14(23-10-15)11-25-6-4-7-26-16(25)5-8-24(26)3/h5,8,12-15,17-18,23,28H,4,6-7,9-11H2,1-3H3/p+1/t12-,13-,14+,15+,17-,18-/m1/s1. The third kappa shape index (κ3) is 3.34. The van der Waals surface area contributed by atoms with Gasteiger partial charge in [0.2, 0.25) is 5.91 Å². The summed E-state index contributed by atoms with van der Waals surface area (Å²) in [4.78, 5) is 29.2. The van der Waals surface area contributed by atoms with Crippen LogP contribution >= 0.6 is 11.8 Å². The maximum Gasteiger partial charge on any atom is 0.353 e. The Morgan fingerprint density at radius 2 is 2.19 bits per heavy atom. The monoisotopic (exact) mass is 462 g/mol. The molecule has 0 aliphatic carbocycles. The Hall–Kier alpha value is -2.04. The summed E-state index contributed by atoms with van der Waals surface area (Å²) in [5.74, 6) is -0.655. The van der Waals surface area contributed by atoms with Crippen molar-refractivity contribution < 1.29 is 24.5 Å². The molecule has 5 rings (SSSR count). The smallest absolute Gasteiger partial charge is 0.353 e. The highest BCUT2D eigenvalue weighted by Gasteiger charge is 2.60. The number of aliphatic carboxylic acids is 1. The number of aliphatic hydroxyl groups excluding tert-OH is 1. The summed E-state index contributed by atoms with van der Waals surface area (Å²) < 4.78 is 4.43. The number of aryl methyl sites for hydroxylation is 1. The molecule has 2 saturated heterocycles. The van der Waals surface area contributed by atoms with Crippen LogP contribution in [0.3, 0.4) is 0 Å². The summed E-state index contributed by atoms with van der Waals surface area (Å²) in [6.45, 7) is 7.43. The molecule has 2 fully saturated rings. The highest BCUT2D eigenvalue weighted by molar-refractivity contribution is 8.03. The first-order valence-electron chi connectivity index (χ1n) is 11.5. The van der Waals surface area contributed by atoms with Crippen molar-refractivity contribution in [3.8, 4) is 0 Å². The van der Waals surface area contributed by atoms with Gasteiger partial charge in [-0.05, 0) is 19.8 Å². The number of hydrogen-bond acceptors (Lipinski definition) is 6. The fourth-order valence-electron chi connectivity index (χ4n) is 5.89. The minimum atomic E-state index is -1.05. The van der Waals surface area contributed by atoms with Crippen LogP contribution in [0.2, 0.25) is 0 Å². The van der Waals surface area contributed by atoms with E-state index in [1.165, 1.54) is 10.7 Å². The van der Waals surface area contributed by atoms with Crippen LogP contribution in [0.1, 0.15) is 26.7 Å². The predicted molar refractivity (Wildman–Crippen MR) is 120 cm³/mol. The largest absolute Gasteiger partial charge is 0.477 e. The van der Waals surface area contributed by atoms with E-state index in [9.17, 15) is 19.8 Å². The van der Waals surface area contributed by atoms with Crippen molar-refractivity contribution in [2.45, 2.75) is 56.7 Å². The average molecular weight is 463 g/mol. The van der Waals surface area contributed by atoms with Crippen LogP contribution in [0.5, 0.6) is 0 Å². The lowest BCUT2D eigenvalue weighted by molar-refractivity contribution is -0.753. The SMILES string of the molecule is C[C@@H](O)[C@H]1C(=O)N2C(C(=O)O)=C(S[C@@H]3CN[C@H](CN4CCCn5c4cc[n+]5C)C3)[C@H](C)[C@H]12. The van der Waals surface area contributed by atoms with Gasteiger partial charge in [-0.2, -0.15) is 0 Å². The molecule has 4 aliphatic rings. The number of nitrogens with zero attached hydrogens (tertiary/aromatic N) is 4. The summed E-state index contributed by atoms with van der Waals surface area (Å²) in [6.07, 6.45) is 3.41. The molecule has 1 aromatic heterocycles. The summed E-state index contributed by atoms with van der Waals surface area (Å²) >= 11 is 1.61. The zero-order valence-electron chi connectivity index (χ0n) is 18.8. The lowest BCUT2D eigenvalue weighted by Gasteiger charge is -2.46. The number of rotatable bonds is 6. The maximum atomic E-state index is 12.5. The Balaban J connectivity index is 1.27. The fourth-order valence-corrected chi connectivity index (χ4v) is 7.41. The van der Waals surface area contributed by atoms with Crippen molar-refractivity contribution >= 4 is 29.5 Å². The second-order valence-corrected chi connectivity index (χ2v) is 10.9. The summed E-state index contributed by atoms with van der Waals surface area (Å²) in [5, 5.41) is 23.8. The Labute approximate surface area is 192 Å². The first kappa shape index (κ1) is 21.8. The molecular formula is C22H32N5O4S+. The van der Waals surface area contributed by atoms with Crippen molar-refractivity contribution in [1.82, 2.24) is 14.9 Å². The van der Waals surface area contributed by atoms with Gasteiger partial charge in [-0.3, -0.25) is 4.79 Å². The molecule has 0 unspecified atom stereocenters. The molecule has 0 bridgehead atoms. The molecule has 3 N–H and O–H groups in total. The van der Waals surface area contributed by atoms with Crippen LogP contribution in [-0.4, -0.2) is 74.7 Å². The Morgan fingerprint density at radius 1 is 1.41 bits per heavy atom. The molecule has 0 radical (unpaired) electrons. The van der Waals surface area contributed by atoms with Gasteiger partial charge in [0, 0.05) is 41.7 Å². The number of fused-ring (bicyclic) bond motifs is 2. The van der Waals surface area contributed by atoms with Crippen LogP contribution in [0.25, 0.3) is 0 Å². The highest BCUT2D eigenvalue weighted by atomic mass is 32.2. The van der Waals surface area contributed by atoms with E-state index in [0.29, 0.717) is 6.04 Å². The molecule has 1 amide bonds. The first-order chi connectivity index (χ1) is 15.3. The lowest BCUT2D eigenvalue weighted by atomic mass is 9.79. The summed E-state index contributed by atoms with van der Waals surface area (Å²) in [7, 11) is 2.07. The average Bonchev–Trinajstić information content (AvgIpc) is 3.40. The van der Waals surface area contributed by atoms with Crippen LogP contribution in [0.15, 0.2) is 22.9 Å². The third-order valence-electron chi connectivity index (χ3n) is 7.43. The molecule has 32 heavy (non-hydrogen) atoms. The zero-order valence-corrected chi connectivity index (χ0v) is 19.6. The van der Waals surface area contributed by atoms with Gasteiger partial charge in [0.05, 0.1) is 30.7 Å². The van der Waals surface area contributed by atoms with Crippen LogP contribution in [0.4, 0.5) is 5.82 Å². The van der Waals surface area contributed by atoms with Gasteiger partial charge in [0.25, 0.3) is 0 Å². The number of hydrogen-bond donors (Lipinski definition) is 3. The molecule has 9 nitrogen and oxygen atoms in total. The van der Waals surface area contributed by atoms with Crippen molar-refractivity contribution in [3.63, 3.8) is 0 Å². The van der Waals surface area contributed by atoms with Crippen molar-refractivity contribution in [2.24, 2.45) is 18.9 Å². The van der Waals surface area contributed by atoms with E-state index in [-0.39, 0.29) is 28.8 Å². The zero-order chi connectivity index (χ0) is 22.7. The fraction of sp³-hybridized carbons (Fsp3) is 0.682. The number of thioether (sulfide) groups is 1. The number of nitrogens with one attached hydrogen (secondary N) is 1. The Kier molecular flexibility index (Phi) is 5.50. The molecule has 5 heterocycles. The van der Waals surface area contributed by atoms with Gasteiger partial charge in [-0.1, -0.05) is 6.92 Å². The molecule has 4 aliphatic heterocycles. The number of β-lactam (4-membered cyclic amide) rings is 1. The molecule has 10 heteroatoms. The number of aliphatic hydroxyl groups is 1. The molecule has 6 atom stereocenters. The van der Waals surface area contributed by atoms with E-state index in [0.717, 1.165) is 43.9 Å². The minimum Gasteiger partial charge on any atom is -0.477 e. The quantitative estimate of drug-likeness (QED) is 0.408. The third-order valence-corrected chi connectivity index (χ3v) is 8.95. The van der Waals surface area contributed by atoms with E-state index >= 15 is 0 Å². The second-order valence-electron chi connectivity index (χ2n) is 9.52. The van der Waals surface area contributed by atoms with Gasteiger partial charge in [-0.15, -0.1) is 21.1 Å². The Morgan fingerprint density at radius 3 is 2.91 bits per heavy atom. The van der Waals surface area contributed by atoms with Gasteiger partial charge < -0.3 is 25.3 Å². The lowest BCUT2D eigenvalue weighted by Crippen LogP contribution is -2.63. The van der Waals surface area contributed by atoms with Gasteiger partial charge in [0.1, 0.15) is 5.70 Å². The van der Waals surface area contributed by atoms with Crippen LogP contribution in [0, 0.1) is 11.8 Å². The Bertz CT molecular complexity index is 976.